The lowest BCUT2D eigenvalue weighted by Gasteiger charge is -2.24. The van der Waals surface area contributed by atoms with Crippen LogP contribution in [0.15, 0.2) is 16.8 Å². The summed E-state index contributed by atoms with van der Waals surface area (Å²) in [4.78, 5) is 14.2. The lowest BCUT2D eigenvalue weighted by Crippen LogP contribution is -2.38. The van der Waals surface area contributed by atoms with E-state index in [1.807, 2.05) is 11.8 Å². The number of thioether (sulfide) groups is 1. The van der Waals surface area contributed by atoms with Gasteiger partial charge in [0.05, 0.1) is 5.25 Å². The van der Waals surface area contributed by atoms with Gasteiger partial charge in [-0.2, -0.15) is 11.3 Å². The molecule has 0 radical (unpaired) electrons. The second kappa shape index (κ2) is 6.08. The molecule has 100 valence electrons. The van der Waals surface area contributed by atoms with E-state index < -0.39 is 0 Å². The van der Waals surface area contributed by atoms with Crippen LogP contribution in [0, 0.1) is 0 Å². The fourth-order valence-electron chi connectivity index (χ4n) is 2.05. The van der Waals surface area contributed by atoms with Gasteiger partial charge in [0, 0.05) is 19.1 Å². The first-order chi connectivity index (χ1) is 8.59. The van der Waals surface area contributed by atoms with Gasteiger partial charge < -0.3 is 10.2 Å². The van der Waals surface area contributed by atoms with Crippen molar-refractivity contribution in [1.82, 2.24) is 10.2 Å². The number of carbonyl (C=O) groups excluding carboxylic acids is 1. The summed E-state index contributed by atoms with van der Waals surface area (Å²) in [5.41, 5.74) is 1.26. The highest BCUT2D eigenvalue weighted by molar-refractivity contribution is 8.01. The lowest BCUT2D eigenvalue weighted by atomic mass is 10.3. The Morgan fingerprint density at radius 3 is 2.89 bits per heavy atom. The molecule has 1 N–H and O–H groups in total. The van der Waals surface area contributed by atoms with Crippen LogP contribution in [-0.4, -0.2) is 35.2 Å². The van der Waals surface area contributed by atoms with Gasteiger partial charge in [0.1, 0.15) is 5.37 Å². The van der Waals surface area contributed by atoms with Gasteiger partial charge in [-0.1, -0.05) is 13.8 Å². The van der Waals surface area contributed by atoms with Crippen molar-refractivity contribution >= 4 is 29.0 Å². The van der Waals surface area contributed by atoms with E-state index in [9.17, 15) is 4.79 Å². The van der Waals surface area contributed by atoms with Gasteiger partial charge in [0.25, 0.3) is 0 Å². The molecule has 0 aliphatic carbocycles. The van der Waals surface area contributed by atoms with Gasteiger partial charge in [-0.25, -0.2) is 0 Å². The SMILES string of the molecule is CC(C)NCCN1C(=O)C(C)SC1c1ccsc1. The van der Waals surface area contributed by atoms with Gasteiger partial charge >= 0.3 is 0 Å². The number of hydrogen-bond donors (Lipinski definition) is 1. The van der Waals surface area contributed by atoms with Crippen LogP contribution >= 0.6 is 23.1 Å². The van der Waals surface area contributed by atoms with Crippen molar-refractivity contribution in [3.8, 4) is 0 Å². The summed E-state index contributed by atoms with van der Waals surface area (Å²) in [6.07, 6.45) is 0. The van der Waals surface area contributed by atoms with Crippen molar-refractivity contribution in [1.29, 1.82) is 0 Å². The average molecular weight is 284 g/mol. The van der Waals surface area contributed by atoms with E-state index in [0.717, 1.165) is 13.1 Å². The Kier molecular flexibility index (Phi) is 4.70. The van der Waals surface area contributed by atoms with Gasteiger partial charge in [0.15, 0.2) is 0 Å². The smallest absolute Gasteiger partial charge is 0.236 e. The van der Waals surface area contributed by atoms with E-state index in [2.05, 4.69) is 36.0 Å². The Hall–Kier alpha value is -0.520. The minimum Gasteiger partial charge on any atom is -0.324 e. The Morgan fingerprint density at radius 2 is 2.28 bits per heavy atom. The zero-order chi connectivity index (χ0) is 13.1. The Bertz CT molecular complexity index is 392. The first-order valence-corrected chi connectivity index (χ1v) is 8.19. The van der Waals surface area contributed by atoms with E-state index >= 15 is 0 Å². The predicted octanol–water partition coefficient (Wildman–Crippen LogP) is 2.71. The summed E-state index contributed by atoms with van der Waals surface area (Å²) in [7, 11) is 0. The molecule has 0 spiro atoms. The molecule has 1 aliphatic rings. The molecule has 1 amide bonds. The standard InChI is InChI=1S/C13H20N2OS2/c1-9(2)14-5-6-15-12(16)10(3)18-13(15)11-4-7-17-8-11/h4,7-10,13-14H,5-6H2,1-3H3. The monoisotopic (exact) mass is 284 g/mol. The van der Waals surface area contributed by atoms with Gasteiger partial charge in [-0.3, -0.25) is 4.79 Å². The molecule has 1 saturated heterocycles. The van der Waals surface area contributed by atoms with Gasteiger partial charge in [0.2, 0.25) is 5.91 Å². The first kappa shape index (κ1) is 13.9. The van der Waals surface area contributed by atoms with Crippen LogP contribution in [0.2, 0.25) is 0 Å². The van der Waals surface area contributed by atoms with Crippen LogP contribution < -0.4 is 5.32 Å². The molecule has 3 nitrogen and oxygen atoms in total. The highest BCUT2D eigenvalue weighted by atomic mass is 32.2. The minimum absolute atomic E-state index is 0.0777. The molecule has 0 aromatic carbocycles. The van der Waals surface area contributed by atoms with Crippen molar-refractivity contribution in [2.45, 2.75) is 37.4 Å². The van der Waals surface area contributed by atoms with Gasteiger partial charge in [-0.05, 0) is 29.3 Å². The first-order valence-electron chi connectivity index (χ1n) is 6.31. The largest absolute Gasteiger partial charge is 0.324 e. The summed E-state index contributed by atoms with van der Waals surface area (Å²) < 4.78 is 0. The third-order valence-electron chi connectivity index (χ3n) is 2.98. The van der Waals surface area contributed by atoms with Crippen LogP contribution in [0.5, 0.6) is 0 Å². The molecule has 18 heavy (non-hydrogen) atoms. The van der Waals surface area contributed by atoms with Crippen LogP contribution in [0.4, 0.5) is 0 Å². The van der Waals surface area contributed by atoms with E-state index in [1.54, 1.807) is 23.1 Å². The molecule has 2 atom stereocenters. The topological polar surface area (TPSA) is 32.3 Å². The molecule has 1 fully saturated rings. The molecule has 0 saturated carbocycles. The third-order valence-corrected chi connectivity index (χ3v) is 5.08. The highest BCUT2D eigenvalue weighted by Gasteiger charge is 2.38. The average Bonchev–Trinajstić information content (AvgIpc) is 2.91. The van der Waals surface area contributed by atoms with Crippen LogP contribution in [0.25, 0.3) is 0 Å². The molecule has 1 aromatic heterocycles. The van der Waals surface area contributed by atoms with E-state index in [-0.39, 0.29) is 16.5 Å². The third kappa shape index (κ3) is 3.08. The number of thiophene rings is 1. The maximum Gasteiger partial charge on any atom is 0.236 e. The number of hydrogen-bond acceptors (Lipinski definition) is 4. The highest BCUT2D eigenvalue weighted by Crippen LogP contribution is 2.43. The molecule has 2 heterocycles. The molecule has 5 heteroatoms. The maximum atomic E-state index is 12.2. The fourth-order valence-corrected chi connectivity index (χ4v) is 4.11. The Balaban J connectivity index is 2.02. The summed E-state index contributed by atoms with van der Waals surface area (Å²) in [5.74, 6) is 0.266. The number of nitrogens with zero attached hydrogens (tertiary/aromatic N) is 1. The minimum atomic E-state index is 0.0777. The zero-order valence-corrected chi connectivity index (χ0v) is 12.7. The number of amides is 1. The van der Waals surface area contributed by atoms with Crippen molar-refractivity contribution in [3.05, 3.63) is 22.4 Å². The molecule has 2 rings (SSSR count). The van der Waals surface area contributed by atoms with Crippen molar-refractivity contribution in [3.63, 3.8) is 0 Å². The summed E-state index contributed by atoms with van der Waals surface area (Å²) in [5, 5.41) is 7.87. The number of rotatable bonds is 5. The van der Waals surface area contributed by atoms with Crippen molar-refractivity contribution in [2.75, 3.05) is 13.1 Å². The second-order valence-corrected chi connectivity index (χ2v) is 7.03. The Labute approximate surface area is 117 Å². The lowest BCUT2D eigenvalue weighted by molar-refractivity contribution is -0.129. The summed E-state index contributed by atoms with van der Waals surface area (Å²) in [6.45, 7) is 7.90. The fraction of sp³-hybridized carbons (Fsp3) is 0.615. The predicted molar refractivity (Wildman–Crippen MR) is 79.0 cm³/mol. The number of carbonyl (C=O) groups is 1. The van der Waals surface area contributed by atoms with Crippen molar-refractivity contribution < 1.29 is 4.79 Å². The van der Waals surface area contributed by atoms with Crippen LogP contribution in [-0.2, 0) is 4.79 Å². The summed E-state index contributed by atoms with van der Waals surface area (Å²) >= 11 is 3.45. The summed E-state index contributed by atoms with van der Waals surface area (Å²) in [6, 6.07) is 2.59. The van der Waals surface area contributed by atoms with Gasteiger partial charge in [-0.15, -0.1) is 11.8 Å². The molecule has 1 aliphatic heterocycles. The molecule has 1 aromatic rings. The number of nitrogens with one attached hydrogen (secondary N) is 1. The normalized spacial score (nSPS) is 24.2. The van der Waals surface area contributed by atoms with Crippen LogP contribution in [0.1, 0.15) is 31.7 Å². The van der Waals surface area contributed by atoms with Crippen LogP contribution in [0.3, 0.4) is 0 Å². The zero-order valence-electron chi connectivity index (χ0n) is 11.1. The molecular weight excluding hydrogens is 264 g/mol. The Morgan fingerprint density at radius 1 is 1.50 bits per heavy atom. The maximum absolute atomic E-state index is 12.2. The van der Waals surface area contributed by atoms with E-state index in [1.165, 1.54) is 5.56 Å². The molecular formula is C13H20N2OS2. The van der Waals surface area contributed by atoms with Crippen molar-refractivity contribution in [2.24, 2.45) is 0 Å². The van der Waals surface area contributed by atoms with E-state index in [0.29, 0.717) is 6.04 Å². The quantitative estimate of drug-likeness (QED) is 0.902. The molecule has 0 bridgehead atoms. The molecule has 2 unspecified atom stereocenters. The second-order valence-electron chi connectivity index (χ2n) is 4.83. The van der Waals surface area contributed by atoms with E-state index in [4.69, 9.17) is 0 Å².